The Bertz CT molecular complexity index is 868. The topological polar surface area (TPSA) is 67.8 Å². The van der Waals surface area contributed by atoms with E-state index in [-0.39, 0.29) is 12.5 Å². The summed E-state index contributed by atoms with van der Waals surface area (Å²) in [6.07, 6.45) is -0.791. The van der Waals surface area contributed by atoms with Gasteiger partial charge in [-0.05, 0) is 29.0 Å². The summed E-state index contributed by atoms with van der Waals surface area (Å²) in [5, 5.41) is 16.2. The fraction of sp³-hybridized carbons (Fsp3) is 0.211. The molecule has 2 N–H and O–H groups in total. The van der Waals surface area contributed by atoms with Gasteiger partial charge >= 0.3 is 0 Å². The standard InChI is InChI=1S/C19H19NO4S/c1-23-15-7-5-8-16(24-2)18(15)19(22)20-10-14(21)13-11-25-17-9-4-3-6-12(13)17/h3-9,11,14,21H,10H2,1-2H3,(H,20,22). The van der Waals surface area contributed by atoms with E-state index in [1.165, 1.54) is 14.2 Å². The number of nitrogens with one attached hydrogen (secondary N) is 1. The Morgan fingerprint density at radius 2 is 1.80 bits per heavy atom. The van der Waals surface area contributed by atoms with Gasteiger partial charge < -0.3 is 19.9 Å². The number of rotatable bonds is 6. The third-order valence-electron chi connectivity index (χ3n) is 3.98. The van der Waals surface area contributed by atoms with Crippen LogP contribution in [-0.4, -0.2) is 31.8 Å². The maximum absolute atomic E-state index is 12.6. The first-order valence-electron chi connectivity index (χ1n) is 7.79. The highest BCUT2D eigenvalue weighted by Crippen LogP contribution is 2.31. The molecule has 1 atom stereocenters. The second kappa shape index (κ2) is 7.55. The zero-order chi connectivity index (χ0) is 17.8. The molecule has 3 rings (SSSR count). The third-order valence-corrected chi connectivity index (χ3v) is 4.96. The molecule has 1 unspecified atom stereocenters. The maximum Gasteiger partial charge on any atom is 0.258 e. The van der Waals surface area contributed by atoms with Gasteiger partial charge in [-0.25, -0.2) is 0 Å². The smallest absolute Gasteiger partial charge is 0.258 e. The molecular formula is C19H19NO4S. The van der Waals surface area contributed by atoms with E-state index in [1.54, 1.807) is 29.5 Å². The van der Waals surface area contributed by atoms with Gasteiger partial charge in [0, 0.05) is 16.8 Å². The van der Waals surface area contributed by atoms with Crippen LogP contribution in [0, 0.1) is 0 Å². The number of fused-ring (bicyclic) bond motifs is 1. The van der Waals surface area contributed by atoms with Crippen molar-refractivity contribution in [1.82, 2.24) is 5.32 Å². The Labute approximate surface area is 149 Å². The molecular weight excluding hydrogens is 338 g/mol. The van der Waals surface area contributed by atoms with Gasteiger partial charge in [0.1, 0.15) is 17.1 Å². The van der Waals surface area contributed by atoms with Crippen molar-refractivity contribution in [3.63, 3.8) is 0 Å². The molecule has 0 saturated carbocycles. The third kappa shape index (κ3) is 3.45. The first-order valence-corrected chi connectivity index (χ1v) is 8.67. The van der Waals surface area contributed by atoms with Gasteiger partial charge in [0.25, 0.3) is 5.91 Å². The van der Waals surface area contributed by atoms with Gasteiger partial charge in [-0.3, -0.25) is 4.79 Å². The van der Waals surface area contributed by atoms with Crippen molar-refractivity contribution in [1.29, 1.82) is 0 Å². The predicted molar refractivity (Wildman–Crippen MR) is 98.7 cm³/mol. The number of ether oxygens (including phenoxy) is 2. The van der Waals surface area contributed by atoms with Crippen LogP contribution < -0.4 is 14.8 Å². The molecule has 2 aromatic carbocycles. The number of hydrogen-bond acceptors (Lipinski definition) is 5. The molecule has 3 aromatic rings. The SMILES string of the molecule is COc1cccc(OC)c1C(=O)NCC(O)c1csc2ccccc12. The summed E-state index contributed by atoms with van der Waals surface area (Å²) in [4.78, 5) is 12.6. The second-order valence-corrected chi connectivity index (χ2v) is 6.36. The maximum atomic E-state index is 12.6. The molecule has 0 saturated heterocycles. The van der Waals surface area contributed by atoms with E-state index in [0.29, 0.717) is 17.1 Å². The minimum Gasteiger partial charge on any atom is -0.496 e. The molecule has 0 aliphatic carbocycles. The lowest BCUT2D eigenvalue weighted by molar-refractivity contribution is 0.0911. The van der Waals surface area contributed by atoms with E-state index in [9.17, 15) is 9.90 Å². The summed E-state index contributed by atoms with van der Waals surface area (Å²) >= 11 is 1.57. The number of carbonyl (C=O) groups is 1. The van der Waals surface area contributed by atoms with Crippen molar-refractivity contribution >= 4 is 27.3 Å². The lowest BCUT2D eigenvalue weighted by atomic mass is 10.1. The number of aliphatic hydroxyl groups is 1. The van der Waals surface area contributed by atoms with Gasteiger partial charge in [0.05, 0.1) is 20.3 Å². The second-order valence-electron chi connectivity index (χ2n) is 5.45. The van der Waals surface area contributed by atoms with Gasteiger partial charge in [0.2, 0.25) is 0 Å². The van der Waals surface area contributed by atoms with E-state index in [0.717, 1.165) is 15.6 Å². The van der Waals surface area contributed by atoms with Gasteiger partial charge in [-0.2, -0.15) is 0 Å². The Morgan fingerprint density at radius 3 is 2.48 bits per heavy atom. The van der Waals surface area contributed by atoms with Crippen LogP contribution >= 0.6 is 11.3 Å². The number of carbonyl (C=O) groups excluding carboxylic acids is 1. The van der Waals surface area contributed by atoms with Crippen LogP contribution in [0.3, 0.4) is 0 Å². The molecule has 1 heterocycles. The zero-order valence-electron chi connectivity index (χ0n) is 14.0. The van der Waals surface area contributed by atoms with Crippen molar-refractivity contribution < 1.29 is 19.4 Å². The molecule has 5 nitrogen and oxygen atoms in total. The molecule has 130 valence electrons. The van der Waals surface area contributed by atoms with Crippen molar-refractivity contribution in [2.75, 3.05) is 20.8 Å². The zero-order valence-corrected chi connectivity index (χ0v) is 14.8. The number of aliphatic hydroxyl groups excluding tert-OH is 1. The van der Waals surface area contributed by atoms with Crippen LogP contribution in [0.1, 0.15) is 22.0 Å². The van der Waals surface area contributed by atoms with E-state index in [1.807, 2.05) is 29.6 Å². The minimum atomic E-state index is -0.791. The van der Waals surface area contributed by atoms with E-state index in [2.05, 4.69) is 5.32 Å². The molecule has 0 aliphatic heterocycles. The molecule has 0 fully saturated rings. The highest BCUT2D eigenvalue weighted by atomic mass is 32.1. The average Bonchev–Trinajstić information content (AvgIpc) is 3.09. The van der Waals surface area contributed by atoms with Gasteiger partial charge in [-0.15, -0.1) is 11.3 Å². The highest BCUT2D eigenvalue weighted by molar-refractivity contribution is 7.17. The molecule has 0 spiro atoms. The Kier molecular flexibility index (Phi) is 5.21. The summed E-state index contributed by atoms with van der Waals surface area (Å²) in [5.41, 5.74) is 1.13. The molecule has 25 heavy (non-hydrogen) atoms. The highest BCUT2D eigenvalue weighted by Gasteiger charge is 2.20. The number of amides is 1. The van der Waals surface area contributed by atoms with Crippen molar-refractivity contribution in [2.45, 2.75) is 6.10 Å². The van der Waals surface area contributed by atoms with Crippen LogP contribution in [0.5, 0.6) is 11.5 Å². The van der Waals surface area contributed by atoms with Crippen molar-refractivity contribution in [2.24, 2.45) is 0 Å². The predicted octanol–water partition coefficient (Wildman–Crippen LogP) is 3.38. The fourth-order valence-electron chi connectivity index (χ4n) is 2.72. The van der Waals surface area contributed by atoms with Crippen molar-refractivity contribution in [3.8, 4) is 11.5 Å². The van der Waals surface area contributed by atoms with Gasteiger partial charge in [-0.1, -0.05) is 24.3 Å². The Hall–Kier alpha value is -2.57. The Balaban J connectivity index is 1.76. The number of methoxy groups -OCH3 is 2. The first-order chi connectivity index (χ1) is 12.2. The van der Waals surface area contributed by atoms with Crippen LogP contribution in [0.15, 0.2) is 47.8 Å². The summed E-state index contributed by atoms with van der Waals surface area (Å²) in [7, 11) is 3.00. The van der Waals surface area contributed by atoms with Crippen LogP contribution in [0.2, 0.25) is 0 Å². The summed E-state index contributed by atoms with van der Waals surface area (Å²) in [5.74, 6) is 0.493. The van der Waals surface area contributed by atoms with Crippen LogP contribution in [-0.2, 0) is 0 Å². The summed E-state index contributed by atoms with van der Waals surface area (Å²) < 4.78 is 11.6. The lowest BCUT2D eigenvalue weighted by Gasteiger charge is -2.15. The average molecular weight is 357 g/mol. The minimum absolute atomic E-state index is 0.0980. The number of benzene rings is 2. The van der Waals surface area contributed by atoms with E-state index >= 15 is 0 Å². The molecule has 0 aliphatic rings. The Morgan fingerprint density at radius 1 is 1.12 bits per heavy atom. The normalized spacial score (nSPS) is 12.0. The van der Waals surface area contributed by atoms with Gasteiger partial charge in [0.15, 0.2) is 0 Å². The summed E-state index contributed by atoms with van der Waals surface area (Å²) in [6.45, 7) is 0.0980. The molecule has 1 amide bonds. The fourth-order valence-corrected chi connectivity index (χ4v) is 3.73. The molecule has 0 bridgehead atoms. The van der Waals surface area contributed by atoms with Crippen molar-refractivity contribution in [3.05, 3.63) is 59.0 Å². The number of hydrogen-bond donors (Lipinski definition) is 2. The quantitative estimate of drug-likeness (QED) is 0.710. The lowest BCUT2D eigenvalue weighted by Crippen LogP contribution is -2.29. The molecule has 0 radical (unpaired) electrons. The molecule has 6 heteroatoms. The monoisotopic (exact) mass is 357 g/mol. The van der Waals surface area contributed by atoms with E-state index in [4.69, 9.17) is 9.47 Å². The first kappa shape index (κ1) is 17.3. The van der Waals surface area contributed by atoms with E-state index < -0.39 is 6.10 Å². The van der Waals surface area contributed by atoms with Crippen LogP contribution in [0.25, 0.3) is 10.1 Å². The summed E-state index contributed by atoms with van der Waals surface area (Å²) in [6, 6.07) is 13.0. The van der Waals surface area contributed by atoms with Crippen LogP contribution in [0.4, 0.5) is 0 Å². The number of thiophene rings is 1. The molecule has 1 aromatic heterocycles. The largest absolute Gasteiger partial charge is 0.496 e.